The van der Waals surface area contributed by atoms with Crippen LogP contribution in [0, 0.1) is 5.92 Å². The van der Waals surface area contributed by atoms with Crippen molar-refractivity contribution in [2.75, 3.05) is 7.11 Å². The molecule has 0 saturated carbocycles. The highest BCUT2D eigenvalue weighted by molar-refractivity contribution is 6.30. The first-order valence-electron chi connectivity index (χ1n) is 4.49. The Balaban J connectivity index is 2.20. The van der Waals surface area contributed by atoms with Crippen molar-refractivity contribution >= 4 is 17.6 Å². The number of carbonyl (C=O) groups is 1. The number of fused-ring (bicyclic) bond motifs is 1. The number of esters is 1. The molecule has 76 valence electrons. The summed E-state index contributed by atoms with van der Waals surface area (Å²) in [5.41, 5.74) is 0.938. The van der Waals surface area contributed by atoms with Crippen molar-refractivity contribution in [3.05, 3.63) is 17.2 Å². The Morgan fingerprint density at radius 3 is 3.29 bits per heavy atom. The van der Waals surface area contributed by atoms with E-state index in [1.54, 1.807) is 6.33 Å². The molecular weight excluding hydrogens is 204 g/mol. The number of aryl methyl sites for hydroxylation is 1. The molecule has 1 atom stereocenters. The van der Waals surface area contributed by atoms with Gasteiger partial charge in [-0.15, -0.1) is 0 Å². The van der Waals surface area contributed by atoms with Crippen molar-refractivity contribution in [3.63, 3.8) is 0 Å². The van der Waals surface area contributed by atoms with Gasteiger partial charge in [-0.2, -0.15) is 0 Å². The summed E-state index contributed by atoms with van der Waals surface area (Å²) in [6.45, 7) is 0.787. The fourth-order valence-corrected chi connectivity index (χ4v) is 2.00. The van der Waals surface area contributed by atoms with Crippen molar-refractivity contribution < 1.29 is 9.53 Å². The van der Waals surface area contributed by atoms with Crippen molar-refractivity contribution in [1.82, 2.24) is 9.55 Å². The number of aromatic nitrogens is 2. The van der Waals surface area contributed by atoms with E-state index >= 15 is 0 Å². The second kappa shape index (κ2) is 3.61. The van der Waals surface area contributed by atoms with Crippen LogP contribution in [0.1, 0.15) is 12.1 Å². The van der Waals surface area contributed by atoms with Gasteiger partial charge in [0.05, 0.1) is 25.0 Å². The molecule has 1 aromatic rings. The summed E-state index contributed by atoms with van der Waals surface area (Å²) in [6.07, 6.45) is 3.14. The molecule has 0 N–H and O–H groups in total. The van der Waals surface area contributed by atoms with Crippen LogP contribution in [0.2, 0.25) is 5.15 Å². The van der Waals surface area contributed by atoms with Gasteiger partial charge in [0.1, 0.15) is 5.15 Å². The standard InChI is InChI=1S/C9H11ClN2O2/c1-14-9(13)6-2-3-12-5-11-8(10)7(12)4-6/h5-6H,2-4H2,1H3. The van der Waals surface area contributed by atoms with Crippen LogP contribution in [-0.2, 0) is 22.5 Å². The zero-order valence-electron chi connectivity index (χ0n) is 7.86. The Kier molecular flexibility index (Phi) is 2.46. The molecule has 1 aliphatic heterocycles. The van der Waals surface area contributed by atoms with Gasteiger partial charge in [-0.05, 0) is 6.42 Å². The zero-order valence-corrected chi connectivity index (χ0v) is 8.62. The Morgan fingerprint density at radius 1 is 1.79 bits per heavy atom. The van der Waals surface area contributed by atoms with E-state index in [4.69, 9.17) is 16.3 Å². The average Bonchev–Trinajstić information content (AvgIpc) is 2.59. The number of carbonyl (C=O) groups excluding carboxylic acids is 1. The van der Waals surface area contributed by atoms with Crippen LogP contribution in [-0.4, -0.2) is 22.6 Å². The molecule has 0 spiro atoms. The number of halogens is 1. The van der Waals surface area contributed by atoms with E-state index < -0.39 is 0 Å². The summed E-state index contributed by atoms with van der Waals surface area (Å²) in [5, 5.41) is 0.499. The van der Waals surface area contributed by atoms with E-state index in [1.165, 1.54) is 7.11 Å². The molecule has 0 aliphatic carbocycles. The highest BCUT2D eigenvalue weighted by Crippen LogP contribution is 2.25. The summed E-state index contributed by atoms with van der Waals surface area (Å²) in [4.78, 5) is 15.3. The fraction of sp³-hybridized carbons (Fsp3) is 0.556. The highest BCUT2D eigenvalue weighted by Gasteiger charge is 2.27. The van der Waals surface area contributed by atoms with Gasteiger partial charge in [-0.25, -0.2) is 4.98 Å². The number of nitrogens with zero attached hydrogens (tertiary/aromatic N) is 2. The average molecular weight is 215 g/mol. The molecule has 0 radical (unpaired) electrons. The number of imidazole rings is 1. The first kappa shape index (κ1) is 9.52. The minimum absolute atomic E-state index is 0.0679. The van der Waals surface area contributed by atoms with Crippen LogP contribution in [0.5, 0.6) is 0 Å². The second-order valence-corrected chi connectivity index (χ2v) is 3.75. The van der Waals surface area contributed by atoms with Gasteiger partial charge in [0.25, 0.3) is 0 Å². The molecular formula is C9H11ClN2O2. The lowest BCUT2D eigenvalue weighted by Gasteiger charge is -2.21. The smallest absolute Gasteiger partial charge is 0.309 e. The van der Waals surface area contributed by atoms with Gasteiger partial charge >= 0.3 is 5.97 Å². The predicted molar refractivity (Wildman–Crippen MR) is 51.1 cm³/mol. The van der Waals surface area contributed by atoms with Gasteiger partial charge in [0, 0.05) is 13.0 Å². The molecule has 0 saturated heterocycles. The maximum Gasteiger partial charge on any atom is 0.309 e. The maximum atomic E-state index is 11.3. The zero-order chi connectivity index (χ0) is 10.1. The van der Waals surface area contributed by atoms with Crippen LogP contribution in [0.15, 0.2) is 6.33 Å². The van der Waals surface area contributed by atoms with Crippen molar-refractivity contribution in [3.8, 4) is 0 Å². The van der Waals surface area contributed by atoms with Crippen molar-refractivity contribution in [2.24, 2.45) is 5.92 Å². The van der Waals surface area contributed by atoms with Crippen LogP contribution in [0.25, 0.3) is 0 Å². The van der Waals surface area contributed by atoms with E-state index in [0.717, 1.165) is 18.7 Å². The lowest BCUT2D eigenvalue weighted by molar-refractivity contribution is -0.146. The SMILES string of the molecule is COC(=O)C1CCn2cnc(Cl)c2C1. The number of hydrogen-bond donors (Lipinski definition) is 0. The van der Waals surface area contributed by atoms with Gasteiger partial charge in [0.15, 0.2) is 0 Å². The third-order valence-electron chi connectivity index (χ3n) is 2.59. The first-order valence-corrected chi connectivity index (χ1v) is 4.87. The molecule has 0 fully saturated rings. The minimum Gasteiger partial charge on any atom is -0.469 e. The topological polar surface area (TPSA) is 44.1 Å². The molecule has 1 aromatic heterocycles. The van der Waals surface area contributed by atoms with E-state index in [9.17, 15) is 4.79 Å². The predicted octanol–water partition coefficient (Wildman–Crippen LogP) is 1.27. The Hall–Kier alpha value is -1.03. The summed E-state index contributed by atoms with van der Waals surface area (Å²) >= 11 is 5.89. The molecule has 4 nitrogen and oxygen atoms in total. The molecule has 1 unspecified atom stereocenters. The Labute approximate surface area is 86.8 Å². The molecule has 0 bridgehead atoms. The van der Waals surface area contributed by atoms with E-state index in [-0.39, 0.29) is 11.9 Å². The fourth-order valence-electron chi connectivity index (χ4n) is 1.78. The summed E-state index contributed by atoms with van der Waals surface area (Å²) in [5.74, 6) is -0.227. The van der Waals surface area contributed by atoms with Crippen LogP contribution < -0.4 is 0 Å². The van der Waals surface area contributed by atoms with Crippen LogP contribution in [0.4, 0.5) is 0 Å². The monoisotopic (exact) mass is 214 g/mol. The van der Waals surface area contributed by atoms with Gasteiger partial charge in [-0.1, -0.05) is 11.6 Å². The van der Waals surface area contributed by atoms with Crippen LogP contribution in [0.3, 0.4) is 0 Å². The van der Waals surface area contributed by atoms with Crippen molar-refractivity contribution in [2.45, 2.75) is 19.4 Å². The van der Waals surface area contributed by atoms with E-state index in [1.807, 2.05) is 4.57 Å². The molecule has 1 aliphatic rings. The lowest BCUT2D eigenvalue weighted by atomic mass is 9.96. The van der Waals surface area contributed by atoms with Crippen LogP contribution >= 0.6 is 11.6 Å². The largest absolute Gasteiger partial charge is 0.469 e. The molecule has 2 rings (SSSR count). The number of methoxy groups -OCH3 is 1. The molecule has 0 amide bonds. The quantitative estimate of drug-likeness (QED) is 0.662. The Morgan fingerprint density at radius 2 is 2.57 bits per heavy atom. The maximum absolute atomic E-state index is 11.3. The number of hydrogen-bond acceptors (Lipinski definition) is 3. The Bertz CT molecular complexity index is 362. The van der Waals surface area contributed by atoms with Gasteiger partial charge in [-0.3, -0.25) is 4.79 Å². The number of rotatable bonds is 1. The van der Waals surface area contributed by atoms with E-state index in [2.05, 4.69) is 4.98 Å². The normalized spacial score (nSPS) is 20.3. The van der Waals surface area contributed by atoms with Gasteiger partial charge < -0.3 is 9.30 Å². The number of ether oxygens (including phenoxy) is 1. The third kappa shape index (κ3) is 1.50. The minimum atomic E-state index is -0.159. The lowest BCUT2D eigenvalue weighted by Crippen LogP contribution is -2.26. The highest BCUT2D eigenvalue weighted by atomic mass is 35.5. The molecule has 2 heterocycles. The molecule has 14 heavy (non-hydrogen) atoms. The molecule has 5 heteroatoms. The second-order valence-electron chi connectivity index (χ2n) is 3.39. The van der Waals surface area contributed by atoms with Crippen molar-refractivity contribution in [1.29, 1.82) is 0 Å². The third-order valence-corrected chi connectivity index (χ3v) is 2.90. The molecule has 0 aromatic carbocycles. The first-order chi connectivity index (χ1) is 6.72. The summed E-state index contributed by atoms with van der Waals surface area (Å²) < 4.78 is 6.70. The summed E-state index contributed by atoms with van der Waals surface area (Å²) in [6, 6.07) is 0. The van der Waals surface area contributed by atoms with Gasteiger partial charge in [0.2, 0.25) is 0 Å². The summed E-state index contributed by atoms with van der Waals surface area (Å²) in [7, 11) is 1.41. The van der Waals surface area contributed by atoms with E-state index in [0.29, 0.717) is 11.6 Å².